The molecule has 3 rings (SSSR count). The number of hydrogen-bond acceptors (Lipinski definition) is 3. The third-order valence-corrected chi connectivity index (χ3v) is 4.67. The van der Waals surface area contributed by atoms with E-state index in [0.29, 0.717) is 6.10 Å². The van der Waals surface area contributed by atoms with Gasteiger partial charge in [-0.3, -0.25) is 4.68 Å². The zero-order valence-electron chi connectivity index (χ0n) is 11.7. The summed E-state index contributed by atoms with van der Waals surface area (Å²) in [5, 5.41) is 14.1. The molecule has 2 heterocycles. The summed E-state index contributed by atoms with van der Waals surface area (Å²) in [5.41, 5.74) is 1.11. The zero-order valence-corrected chi connectivity index (χ0v) is 11.7. The molecule has 1 spiro atoms. The van der Waals surface area contributed by atoms with Crippen molar-refractivity contribution >= 4 is 0 Å². The van der Waals surface area contributed by atoms with Crippen LogP contribution in [0.25, 0.3) is 0 Å². The Kier molecular flexibility index (Phi) is 3.63. The molecule has 1 saturated carbocycles. The number of ether oxygens (including phenoxy) is 1. The third kappa shape index (κ3) is 2.70. The molecule has 106 valence electrons. The molecular weight excluding hydrogens is 240 g/mol. The maximum absolute atomic E-state index is 9.79. The lowest BCUT2D eigenvalue weighted by Gasteiger charge is -2.23. The Morgan fingerprint density at radius 2 is 2.26 bits per heavy atom. The van der Waals surface area contributed by atoms with Crippen molar-refractivity contribution in [3.05, 3.63) is 18.0 Å². The van der Waals surface area contributed by atoms with E-state index in [4.69, 9.17) is 4.74 Å². The molecule has 0 aromatic carbocycles. The quantitative estimate of drug-likeness (QED) is 0.909. The maximum Gasteiger partial charge on any atom is 0.0817 e. The number of nitrogens with zero attached hydrogens (tertiary/aromatic N) is 2. The Morgan fingerprint density at radius 1 is 1.47 bits per heavy atom. The summed E-state index contributed by atoms with van der Waals surface area (Å²) < 4.78 is 8.21. The van der Waals surface area contributed by atoms with Gasteiger partial charge in [-0.2, -0.15) is 5.10 Å². The van der Waals surface area contributed by atoms with Crippen molar-refractivity contribution in [2.24, 2.45) is 0 Å². The fraction of sp³-hybridized carbons (Fsp3) is 0.800. The molecule has 1 aromatic heterocycles. The number of aliphatic hydroxyl groups is 1. The molecule has 2 fully saturated rings. The highest BCUT2D eigenvalue weighted by Crippen LogP contribution is 2.43. The SMILES string of the molecule is CCC(O)c1cnn(CC2CCC3(CCCC3)O2)c1. The van der Waals surface area contributed by atoms with Crippen LogP contribution in [0.15, 0.2) is 12.4 Å². The van der Waals surface area contributed by atoms with Crippen molar-refractivity contribution in [1.29, 1.82) is 0 Å². The highest BCUT2D eigenvalue weighted by Gasteiger charge is 2.42. The van der Waals surface area contributed by atoms with Crippen LogP contribution in [0.2, 0.25) is 0 Å². The molecule has 1 saturated heterocycles. The Morgan fingerprint density at radius 3 is 3.00 bits per heavy atom. The van der Waals surface area contributed by atoms with E-state index in [1.807, 2.05) is 17.8 Å². The second-order valence-electron chi connectivity index (χ2n) is 6.09. The van der Waals surface area contributed by atoms with Crippen molar-refractivity contribution in [2.75, 3.05) is 0 Å². The van der Waals surface area contributed by atoms with Crippen molar-refractivity contribution in [2.45, 2.75) is 76.2 Å². The predicted molar refractivity (Wildman–Crippen MR) is 72.8 cm³/mol. The Bertz CT molecular complexity index is 424. The lowest BCUT2D eigenvalue weighted by Crippen LogP contribution is -2.26. The predicted octanol–water partition coefficient (Wildman–Crippen LogP) is 2.82. The Balaban J connectivity index is 1.58. The van der Waals surface area contributed by atoms with E-state index >= 15 is 0 Å². The normalized spacial score (nSPS) is 27.2. The summed E-state index contributed by atoms with van der Waals surface area (Å²) in [5.74, 6) is 0. The average Bonchev–Trinajstić information content (AvgIpc) is 3.13. The van der Waals surface area contributed by atoms with Crippen LogP contribution in [0.3, 0.4) is 0 Å². The van der Waals surface area contributed by atoms with E-state index in [1.165, 1.54) is 32.1 Å². The molecule has 19 heavy (non-hydrogen) atoms. The van der Waals surface area contributed by atoms with Gasteiger partial charge in [0.25, 0.3) is 0 Å². The molecule has 1 N–H and O–H groups in total. The van der Waals surface area contributed by atoms with Crippen LogP contribution in [0, 0.1) is 0 Å². The van der Waals surface area contributed by atoms with Gasteiger partial charge in [0.1, 0.15) is 0 Å². The first-order chi connectivity index (χ1) is 9.21. The molecule has 2 aliphatic rings. The van der Waals surface area contributed by atoms with E-state index in [9.17, 15) is 5.11 Å². The molecule has 4 nitrogen and oxygen atoms in total. The Hall–Kier alpha value is -0.870. The van der Waals surface area contributed by atoms with Crippen LogP contribution in [-0.4, -0.2) is 26.6 Å². The van der Waals surface area contributed by atoms with Gasteiger partial charge in [-0.25, -0.2) is 0 Å². The van der Waals surface area contributed by atoms with Crippen LogP contribution in [-0.2, 0) is 11.3 Å². The molecular formula is C15H24N2O2. The van der Waals surface area contributed by atoms with Crippen LogP contribution < -0.4 is 0 Å². The van der Waals surface area contributed by atoms with E-state index in [-0.39, 0.29) is 11.7 Å². The topological polar surface area (TPSA) is 47.3 Å². The molecule has 2 atom stereocenters. The standard InChI is InChI=1S/C15H24N2O2/c1-2-14(18)12-9-16-17(10-12)11-13-5-8-15(19-13)6-3-4-7-15/h9-10,13-14,18H,2-8,11H2,1H3. The highest BCUT2D eigenvalue weighted by molar-refractivity contribution is 5.07. The number of hydrogen-bond donors (Lipinski definition) is 1. The van der Waals surface area contributed by atoms with Crippen molar-refractivity contribution in [3.8, 4) is 0 Å². The van der Waals surface area contributed by atoms with Crippen LogP contribution in [0.5, 0.6) is 0 Å². The molecule has 1 aliphatic carbocycles. The summed E-state index contributed by atoms with van der Waals surface area (Å²) in [6, 6.07) is 0. The summed E-state index contributed by atoms with van der Waals surface area (Å²) in [4.78, 5) is 0. The summed E-state index contributed by atoms with van der Waals surface area (Å²) >= 11 is 0. The summed E-state index contributed by atoms with van der Waals surface area (Å²) in [6.45, 7) is 2.80. The van der Waals surface area contributed by atoms with E-state index in [1.54, 1.807) is 6.20 Å². The fourth-order valence-corrected chi connectivity index (χ4v) is 3.51. The largest absolute Gasteiger partial charge is 0.388 e. The number of rotatable bonds is 4. The smallest absolute Gasteiger partial charge is 0.0817 e. The van der Waals surface area contributed by atoms with Gasteiger partial charge < -0.3 is 9.84 Å². The molecule has 0 radical (unpaired) electrons. The Labute approximate surface area is 114 Å². The van der Waals surface area contributed by atoms with Gasteiger partial charge >= 0.3 is 0 Å². The van der Waals surface area contributed by atoms with E-state index < -0.39 is 0 Å². The maximum atomic E-state index is 9.79. The molecule has 4 heteroatoms. The summed E-state index contributed by atoms with van der Waals surface area (Å²) in [7, 11) is 0. The van der Waals surface area contributed by atoms with E-state index in [0.717, 1.165) is 24.9 Å². The monoisotopic (exact) mass is 264 g/mol. The molecule has 1 aromatic rings. The van der Waals surface area contributed by atoms with Crippen molar-refractivity contribution in [3.63, 3.8) is 0 Å². The van der Waals surface area contributed by atoms with Gasteiger partial charge in [-0.05, 0) is 32.1 Å². The minimum Gasteiger partial charge on any atom is -0.388 e. The average molecular weight is 264 g/mol. The molecule has 1 aliphatic heterocycles. The van der Waals surface area contributed by atoms with Gasteiger partial charge in [0.05, 0.1) is 30.6 Å². The van der Waals surface area contributed by atoms with Gasteiger partial charge in [0.2, 0.25) is 0 Å². The van der Waals surface area contributed by atoms with Crippen LogP contribution >= 0.6 is 0 Å². The second-order valence-corrected chi connectivity index (χ2v) is 6.09. The van der Waals surface area contributed by atoms with Gasteiger partial charge in [-0.1, -0.05) is 19.8 Å². The van der Waals surface area contributed by atoms with E-state index in [2.05, 4.69) is 5.10 Å². The van der Waals surface area contributed by atoms with Crippen molar-refractivity contribution in [1.82, 2.24) is 9.78 Å². The van der Waals surface area contributed by atoms with Crippen LogP contribution in [0.1, 0.15) is 63.5 Å². The first kappa shape index (κ1) is 13.1. The first-order valence-corrected chi connectivity index (χ1v) is 7.59. The molecule has 2 unspecified atom stereocenters. The number of aromatic nitrogens is 2. The summed E-state index contributed by atoms with van der Waals surface area (Å²) in [6.07, 6.45) is 11.8. The minimum atomic E-state index is -0.389. The molecule has 0 bridgehead atoms. The third-order valence-electron chi connectivity index (χ3n) is 4.67. The van der Waals surface area contributed by atoms with Gasteiger partial charge in [0, 0.05) is 11.8 Å². The fourth-order valence-electron chi connectivity index (χ4n) is 3.51. The zero-order chi connectivity index (χ0) is 13.3. The highest BCUT2D eigenvalue weighted by atomic mass is 16.5. The first-order valence-electron chi connectivity index (χ1n) is 7.59. The number of aliphatic hydroxyl groups excluding tert-OH is 1. The second kappa shape index (κ2) is 5.25. The van der Waals surface area contributed by atoms with Gasteiger partial charge in [0.15, 0.2) is 0 Å². The van der Waals surface area contributed by atoms with Gasteiger partial charge in [-0.15, -0.1) is 0 Å². The van der Waals surface area contributed by atoms with Crippen molar-refractivity contribution < 1.29 is 9.84 Å². The van der Waals surface area contributed by atoms with Crippen LogP contribution in [0.4, 0.5) is 0 Å². The lowest BCUT2D eigenvalue weighted by atomic mass is 9.98. The lowest BCUT2D eigenvalue weighted by molar-refractivity contribution is -0.0429. The minimum absolute atomic E-state index is 0.198. The molecule has 0 amide bonds.